The standard InChI is InChI=1S/C17H23N3/c1-4-12-18-13-15-10-11-17(19-14(15)2)20(3)16-8-6-5-7-9-16/h5-11,18H,4,12-13H2,1-3H3. The Hall–Kier alpha value is -1.87. The van der Waals surface area contributed by atoms with Crippen LogP contribution in [0.25, 0.3) is 0 Å². The summed E-state index contributed by atoms with van der Waals surface area (Å²) in [5.41, 5.74) is 3.51. The van der Waals surface area contributed by atoms with Gasteiger partial charge in [0.15, 0.2) is 0 Å². The average molecular weight is 269 g/mol. The monoisotopic (exact) mass is 269 g/mol. The minimum absolute atomic E-state index is 0.891. The van der Waals surface area contributed by atoms with Gasteiger partial charge in [-0.25, -0.2) is 4.98 Å². The number of aryl methyl sites for hydroxylation is 1. The predicted octanol–water partition coefficient (Wildman–Crippen LogP) is 3.66. The smallest absolute Gasteiger partial charge is 0.132 e. The lowest BCUT2D eigenvalue weighted by Gasteiger charge is -2.19. The van der Waals surface area contributed by atoms with Crippen molar-refractivity contribution in [3.05, 3.63) is 53.7 Å². The minimum atomic E-state index is 0.891. The van der Waals surface area contributed by atoms with E-state index in [1.165, 1.54) is 5.56 Å². The molecule has 0 amide bonds. The molecule has 0 aliphatic carbocycles. The predicted molar refractivity (Wildman–Crippen MR) is 85.5 cm³/mol. The SMILES string of the molecule is CCCNCc1ccc(N(C)c2ccccc2)nc1C. The van der Waals surface area contributed by atoms with Crippen LogP contribution < -0.4 is 10.2 Å². The van der Waals surface area contributed by atoms with E-state index in [1.54, 1.807) is 0 Å². The molecule has 0 aliphatic rings. The van der Waals surface area contributed by atoms with Gasteiger partial charge in [-0.2, -0.15) is 0 Å². The van der Waals surface area contributed by atoms with Gasteiger partial charge in [-0.15, -0.1) is 0 Å². The largest absolute Gasteiger partial charge is 0.329 e. The fourth-order valence-corrected chi connectivity index (χ4v) is 2.13. The molecule has 3 nitrogen and oxygen atoms in total. The second-order valence-corrected chi connectivity index (χ2v) is 4.99. The number of rotatable bonds is 6. The number of nitrogens with one attached hydrogen (secondary N) is 1. The second kappa shape index (κ2) is 7.06. The van der Waals surface area contributed by atoms with Crippen LogP contribution in [0.5, 0.6) is 0 Å². The number of aromatic nitrogens is 1. The Morgan fingerprint density at radius 3 is 2.50 bits per heavy atom. The van der Waals surface area contributed by atoms with E-state index in [0.29, 0.717) is 0 Å². The van der Waals surface area contributed by atoms with E-state index < -0.39 is 0 Å². The molecule has 0 fully saturated rings. The number of nitrogens with zero attached hydrogens (tertiary/aromatic N) is 2. The van der Waals surface area contributed by atoms with Gasteiger partial charge in [0, 0.05) is 25.0 Å². The van der Waals surface area contributed by atoms with Crippen LogP contribution >= 0.6 is 0 Å². The molecular formula is C17H23N3. The minimum Gasteiger partial charge on any atom is -0.329 e. The van der Waals surface area contributed by atoms with E-state index in [4.69, 9.17) is 4.98 Å². The van der Waals surface area contributed by atoms with Gasteiger partial charge in [-0.1, -0.05) is 31.2 Å². The van der Waals surface area contributed by atoms with Crippen molar-refractivity contribution in [3.8, 4) is 0 Å². The first kappa shape index (κ1) is 14.5. The van der Waals surface area contributed by atoms with Crippen LogP contribution in [-0.2, 0) is 6.54 Å². The van der Waals surface area contributed by atoms with Crippen molar-refractivity contribution < 1.29 is 0 Å². The fourth-order valence-electron chi connectivity index (χ4n) is 2.13. The molecular weight excluding hydrogens is 246 g/mol. The molecule has 2 rings (SSSR count). The zero-order chi connectivity index (χ0) is 14.4. The van der Waals surface area contributed by atoms with Gasteiger partial charge in [0.25, 0.3) is 0 Å². The van der Waals surface area contributed by atoms with Crippen LogP contribution in [0.3, 0.4) is 0 Å². The number of para-hydroxylation sites is 1. The van der Waals surface area contributed by atoms with Crippen molar-refractivity contribution in [2.24, 2.45) is 0 Å². The Kier molecular flexibility index (Phi) is 5.13. The molecule has 0 saturated carbocycles. The van der Waals surface area contributed by atoms with Crippen LogP contribution in [0.4, 0.5) is 11.5 Å². The Bertz CT molecular complexity index is 537. The molecule has 0 atom stereocenters. The van der Waals surface area contributed by atoms with Gasteiger partial charge in [0.1, 0.15) is 5.82 Å². The highest BCUT2D eigenvalue weighted by atomic mass is 15.2. The van der Waals surface area contributed by atoms with Crippen molar-refractivity contribution in [1.82, 2.24) is 10.3 Å². The highest BCUT2D eigenvalue weighted by Gasteiger charge is 2.07. The maximum atomic E-state index is 4.71. The first-order valence-electron chi connectivity index (χ1n) is 7.18. The van der Waals surface area contributed by atoms with E-state index in [0.717, 1.165) is 36.7 Å². The third kappa shape index (κ3) is 3.58. The number of anilines is 2. The normalized spacial score (nSPS) is 10.6. The van der Waals surface area contributed by atoms with Crippen LogP contribution in [0, 0.1) is 6.92 Å². The molecule has 3 heteroatoms. The van der Waals surface area contributed by atoms with Gasteiger partial charge in [0.05, 0.1) is 0 Å². The molecule has 1 N–H and O–H groups in total. The molecule has 0 saturated heterocycles. The van der Waals surface area contributed by atoms with Crippen molar-refractivity contribution in [2.45, 2.75) is 26.8 Å². The molecule has 1 aromatic heterocycles. The average Bonchev–Trinajstić information content (AvgIpc) is 2.49. The Labute approximate surface area is 121 Å². The van der Waals surface area contributed by atoms with E-state index in [9.17, 15) is 0 Å². The van der Waals surface area contributed by atoms with Crippen LogP contribution in [0.15, 0.2) is 42.5 Å². The van der Waals surface area contributed by atoms with Gasteiger partial charge in [-0.05, 0) is 43.7 Å². The third-order valence-electron chi connectivity index (χ3n) is 3.41. The highest BCUT2D eigenvalue weighted by Crippen LogP contribution is 2.22. The summed E-state index contributed by atoms with van der Waals surface area (Å²) in [5.74, 6) is 0.980. The van der Waals surface area contributed by atoms with Crippen molar-refractivity contribution in [1.29, 1.82) is 0 Å². The number of hydrogen-bond donors (Lipinski definition) is 1. The fraction of sp³-hybridized carbons (Fsp3) is 0.353. The lowest BCUT2D eigenvalue weighted by molar-refractivity contribution is 0.671. The summed E-state index contributed by atoms with van der Waals surface area (Å²) < 4.78 is 0. The van der Waals surface area contributed by atoms with E-state index in [-0.39, 0.29) is 0 Å². The maximum absolute atomic E-state index is 4.71. The van der Waals surface area contributed by atoms with Crippen LogP contribution in [0.1, 0.15) is 24.6 Å². The lowest BCUT2D eigenvalue weighted by Crippen LogP contribution is -2.16. The first-order valence-corrected chi connectivity index (χ1v) is 7.18. The molecule has 0 unspecified atom stereocenters. The number of hydrogen-bond acceptors (Lipinski definition) is 3. The van der Waals surface area contributed by atoms with Crippen LogP contribution in [0.2, 0.25) is 0 Å². The number of pyridine rings is 1. The first-order chi connectivity index (χ1) is 9.72. The van der Waals surface area contributed by atoms with Gasteiger partial charge in [0.2, 0.25) is 0 Å². The van der Waals surface area contributed by atoms with E-state index >= 15 is 0 Å². The Balaban J connectivity index is 2.12. The van der Waals surface area contributed by atoms with Gasteiger partial charge >= 0.3 is 0 Å². The molecule has 106 valence electrons. The Morgan fingerprint density at radius 2 is 1.85 bits per heavy atom. The van der Waals surface area contributed by atoms with Crippen LogP contribution in [-0.4, -0.2) is 18.6 Å². The number of benzene rings is 1. The third-order valence-corrected chi connectivity index (χ3v) is 3.41. The van der Waals surface area contributed by atoms with E-state index in [1.807, 2.05) is 25.2 Å². The molecule has 1 aromatic carbocycles. The topological polar surface area (TPSA) is 28.2 Å². The molecule has 2 aromatic rings. The Morgan fingerprint density at radius 1 is 1.10 bits per heavy atom. The van der Waals surface area contributed by atoms with E-state index in [2.05, 4.69) is 48.3 Å². The summed E-state index contributed by atoms with van der Waals surface area (Å²) in [6.07, 6.45) is 1.15. The second-order valence-electron chi connectivity index (χ2n) is 4.99. The zero-order valence-corrected chi connectivity index (χ0v) is 12.6. The molecule has 0 bridgehead atoms. The van der Waals surface area contributed by atoms with Gasteiger partial charge < -0.3 is 10.2 Å². The molecule has 0 spiro atoms. The molecule has 20 heavy (non-hydrogen) atoms. The molecule has 1 heterocycles. The highest BCUT2D eigenvalue weighted by molar-refractivity contribution is 5.59. The molecule has 0 radical (unpaired) electrons. The van der Waals surface area contributed by atoms with Crippen molar-refractivity contribution in [3.63, 3.8) is 0 Å². The summed E-state index contributed by atoms with van der Waals surface area (Å²) in [6.45, 7) is 6.19. The summed E-state index contributed by atoms with van der Waals surface area (Å²) in [7, 11) is 2.05. The summed E-state index contributed by atoms with van der Waals surface area (Å²) in [4.78, 5) is 6.82. The van der Waals surface area contributed by atoms with Gasteiger partial charge in [-0.3, -0.25) is 0 Å². The zero-order valence-electron chi connectivity index (χ0n) is 12.6. The lowest BCUT2D eigenvalue weighted by atomic mass is 10.2. The van der Waals surface area contributed by atoms with Crippen molar-refractivity contribution in [2.75, 3.05) is 18.5 Å². The summed E-state index contributed by atoms with van der Waals surface area (Å²) in [5, 5.41) is 3.42. The maximum Gasteiger partial charge on any atom is 0.132 e. The summed E-state index contributed by atoms with van der Waals surface area (Å²) >= 11 is 0. The van der Waals surface area contributed by atoms with Crippen molar-refractivity contribution >= 4 is 11.5 Å². The quantitative estimate of drug-likeness (QED) is 0.811. The summed E-state index contributed by atoms with van der Waals surface area (Å²) in [6, 6.07) is 14.5. The molecule has 0 aliphatic heterocycles.